The van der Waals surface area contributed by atoms with Crippen molar-refractivity contribution >= 4 is 5.91 Å². The van der Waals surface area contributed by atoms with E-state index in [4.69, 9.17) is 0 Å². The standard InChI is InChI=1S/C20H29N5O/c1-4-18-17(14-23-25(18)19-7-5-6-10-21-19)20(26)22-13-16(3)24-11-8-15(2)9-12-24/h5-7,10,14-16H,4,8-9,11-13H2,1-3H3,(H,22,26)/t16-/m1/s1. The highest BCUT2D eigenvalue weighted by Gasteiger charge is 2.22. The van der Waals surface area contributed by atoms with Crippen molar-refractivity contribution in [2.45, 2.75) is 46.1 Å². The van der Waals surface area contributed by atoms with E-state index in [1.54, 1.807) is 17.1 Å². The molecule has 140 valence electrons. The number of piperidine rings is 1. The summed E-state index contributed by atoms with van der Waals surface area (Å²) in [4.78, 5) is 19.5. The van der Waals surface area contributed by atoms with Crippen LogP contribution in [0.15, 0.2) is 30.6 Å². The molecule has 1 saturated heterocycles. The van der Waals surface area contributed by atoms with E-state index in [-0.39, 0.29) is 5.91 Å². The molecule has 1 aliphatic rings. The minimum absolute atomic E-state index is 0.0544. The number of hydrogen-bond acceptors (Lipinski definition) is 4. The molecule has 0 aromatic carbocycles. The third kappa shape index (κ3) is 4.12. The van der Waals surface area contributed by atoms with Crippen molar-refractivity contribution in [3.05, 3.63) is 41.9 Å². The van der Waals surface area contributed by atoms with Gasteiger partial charge >= 0.3 is 0 Å². The highest BCUT2D eigenvalue weighted by Crippen LogP contribution is 2.18. The number of nitrogens with zero attached hydrogens (tertiary/aromatic N) is 4. The van der Waals surface area contributed by atoms with Crippen LogP contribution in [-0.2, 0) is 6.42 Å². The monoisotopic (exact) mass is 355 g/mol. The van der Waals surface area contributed by atoms with Gasteiger partial charge in [0.25, 0.3) is 5.91 Å². The van der Waals surface area contributed by atoms with Crippen LogP contribution in [0.25, 0.3) is 5.82 Å². The minimum Gasteiger partial charge on any atom is -0.350 e. The second kappa shape index (κ2) is 8.45. The summed E-state index contributed by atoms with van der Waals surface area (Å²) in [5.74, 6) is 1.50. The molecule has 2 aromatic heterocycles. The van der Waals surface area contributed by atoms with Crippen LogP contribution in [0.5, 0.6) is 0 Å². The number of aromatic nitrogens is 3. The van der Waals surface area contributed by atoms with E-state index in [0.29, 0.717) is 18.2 Å². The first-order valence-corrected chi connectivity index (χ1v) is 9.60. The zero-order chi connectivity index (χ0) is 18.5. The van der Waals surface area contributed by atoms with E-state index < -0.39 is 0 Å². The summed E-state index contributed by atoms with van der Waals surface area (Å²) >= 11 is 0. The smallest absolute Gasteiger partial charge is 0.254 e. The number of carbonyl (C=O) groups is 1. The topological polar surface area (TPSA) is 63.1 Å². The van der Waals surface area contributed by atoms with Gasteiger partial charge in [0.2, 0.25) is 0 Å². The average Bonchev–Trinajstić information content (AvgIpc) is 3.11. The van der Waals surface area contributed by atoms with E-state index >= 15 is 0 Å². The Morgan fingerprint density at radius 2 is 2.12 bits per heavy atom. The maximum absolute atomic E-state index is 12.7. The summed E-state index contributed by atoms with van der Waals surface area (Å²) in [7, 11) is 0. The Bertz CT molecular complexity index is 719. The average molecular weight is 355 g/mol. The van der Waals surface area contributed by atoms with Crippen molar-refractivity contribution in [1.82, 2.24) is 25.0 Å². The van der Waals surface area contributed by atoms with Crippen molar-refractivity contribution in [3.63, 3.8) is 0 Å². The number of likely N-dealkylation sites (tertiary alicyclic amines) is 1. The van der Waals surface area contributed by atoms with Crippen LogP contribution in [0.3, 0.4) is 0 Å². The maximum atomic E-state index is 12.7. The normalized spacial score (nSPS) is 17.2. The number of pyridine rings is 1. The molecular weight excluding hydrogens is 326 g/mol. The van der Waals surface area contributed by atoms with Crippen LogP contribution in [0.4, 0.5) is 0 Å². The molecule has 0 radical (unpaired) electrons. The first-order chi connectivity index (χ1) is 12.6. The van der Waals surface area contributed by atoms with Gasteiger partial charge in [-0.25, -0.2) is 9.67 Å². The number of nitrogens with one attached hydrogen (secondary N) is 1. The number of hydrogen-bond donors (Lipinski definition) is 1. The molecule has 1 atom stereocenters. The molecule has 0 saturated carbocycles. The zero-order valence-electron chi connectivity index (χ0n) is 16.0. The molecule has 26 heavy (non-hydrogen) atoms. The molecule has 3 heterocycles. The largest absolute Gasteiger partial charge is 0.350 e. The summed E-state index contributed by atoms with van der Waals surface area (Å²) in [6, 6.07) is 6.04. The molecule has 1 N–H and O–H groups in total. The molecule has 0 unspecified atom stereocenters. The minimum atomic E-state index is -0.0544. The predicted octanol–water partition coefficient (Wildman–Crippen LogP) is 2.68. The number of amides is 1. The Labute approximate surface area is 155 Å². The van der Waals surface area contributed by atoms with Gasteiger partial charge in [-0.15, -0.1) is 0 Å². The second-order valence-electron chi connectivity index (χ2n) is 7.24. The highest BCUT2D eigenvalue weighted by atomic mass is 16.1. The van der Waals surface area contributed by atoms with Crippen LogP contribution in [0.1, 0.15) is 49.7 Å². The second-order valence-corrected chi connectivity index (χ2v) is 7.24. The van der Waals surface area contributed by atoms with Gasteiger partial charge in [-0.05, 0) is 57.3 Å². The fourth-order valence-corrected chi connectivity index (χ4v) is 3.51. The van der Waals surface area contributed by atoms with Crippen molar-refractivity contribution in [2.24, 2.45) is 5.92 Å². The van der Waals surface area contributed by atoms with Crippen molar-refractivity contribution in [2.75, 3.05) is 19.6 Å². The van der Waals surface area contributed by atoms with Gasteiger partial charge in [0.05, 0.1) is 17.5 Å². The van der Waals surface area contributed by atoms with Crippen LogP contribution in [0.2, 0.25) is 0 Å². The molecule has 3 rings (SSSR count). The molecular formula is C20H29N5O. The van der Waals surface area contributed by atoms with Crippen molar-refractivity contribution < 1.29 is 4.79 Å². The predicted molar refractivity (Wildman–Crippen MR) is 103 cm³/mol. The third-order valence-corrected chi connectivity index (χ3v) is 5.31. The van der Waals surface area contributed by atoms with Crippen molar-refractivity contribution in [3.8, 4) is 5.82 Å². The molecule has 6 nitrogen and oxygen atoms in total. The summed E-state index contributed by atoms with van der Waals surface area (Å²) in [6.45, 7) is 9.44. The first kappa shape index (κ1) is 18.6. The van der Waals surface area contributed by atoms with Gasteiger partial charge in [0.15, 0.2) is 5.82 Å². The Kier molecular flexibility index (Phi) is 6.04. The molecule has 1 amide bonds. The van der Waals surface area contributed by atoms with Gasteiger partial charge in [-0.3, -0.25) is 9.69 Å². The van der Waals surface area contributed by atoms with Crippen LogP contribution in [0, 0.1) is 5.92 Å². The fraction of sp³-hybridized carbons (Fsp3) is 0.550. The van der Waals surface area contributed by atoms with Gasteiger partial charge in [-0.2, -0.15) is 5.10 Å². The van der Waals surface area contributed by atoms with E-state index in [2.05, 4.69) is 34.1 Å². The molecule has 1 aliphatic heterocycles. The van der Waals surface area contributed by atoms with E-state index in [9.17, 15) is 4.79 Å². The molecule has 6 heteroatoms. The molecule has 2 aromatic rings. The lowest BCUT2D eigenvalue weighted by atomic mass is 9.98. The Morgan fingerprint density at radius 3 is 2.77 bits per heavy atom. The van der Waals surface area contributed by atoms with Crippen molar-refractivity contribution in [1.29, 1.82) is 0 Å². The summed E-state index contributed by atoms with van der Waals surface area (Å²) in [5.41, 5.74) is 1.53. The number of rotatable bonds is 6. The van der Waals surface area contributed by atoms with Gasteiger partial charge < -0.3 is 5.32 Å². The molecule has 0 spiro atoms. The Morgan fingerprint density at radius 1 is 1.35 bits per heavy atom. The van der Waals surface area contributed by atoms with E-state index in [1.807, 2.05) is 25.1 Å². The fourth-order valence-electron chi connectivity index (χ4n) is 3.51. The Balaban J connectivity index is 1.64. The third-order valence-electron chi connectivity index (χ3n) is 5.31. The number of carbonyl (C=O) groups excluding carboxylic acids is 1. The lowest BCUT2D eigenvalue weighted by Gasteiger charge is -2.35. The van der Waals surface area contributed by atoms with E-state index in [0.717, 1.165) is 36.9 Å². The molecule has 1 fully saturated rings. The summed E-state index contributed by atoms with van der Waals surface area (Å²) in [6.07, 6.45) is 6.59. The van der Waals surface area contributed by atoms with Crippen LogP contribution < -0.4 is 5.32 Å². The molecule has 0 bridgehead atoms. The lowest BCUT2D eigenvalue weighted by Crippen LogP contribution is -2.45. The van der Waals surface area contributed by atoms with Crippen LogP contribution >= 0.6 is 0 Å². The van der Waals surface area contributed by atoms with E-state index in [1.165, 1.54) is 12.8 Å². The van der Waals surface area contributed by atoms with Gasteiger partial charge in [0, 0.05) is 18.8 Å². The van der Waals surface area contributed by atoms with Gasteiger partial charge in [0.1, 0.15) is 0 Å². The molecule has 0 aliphatic carbocycles. The first-order valence-electron chi connectivity index (χ1n) is 9.60. The highest BCUT2D eigenvalue weighted by molar-refractivity contribution is 5.95. The van der Waals surface area contributed by atoms with Gasteiger partial charge in [-0.1, -0.05) is 19.9 Å². The quantitative estimate of drug-likeness (QED) is 0.865. The maximum Gasteiger partial charge on any atom is 0.254 e. The summed E-state index contributed by atoms with van der Waals surface area (Å²) in [5, 5.41) is 7.48. The zero-order valence-corrected chi connectivity index (χ0v) is 16.0. The summed E-state index contributed by atoms with van der Waals surface area (Å²) < 4.78 is 1.75. The Hall–Kier alpha value is -2.21. The van der Waals surface area contributed by atoms with Crippen LogP contribution in [-0.4, -0.2) is 51.2 Å². The lowest BCUT2D eigenvalue weighted by molar-refractivity contribution is 0.0921. The SMILES string of the molecule is CCc1c(C(=O)NC[C@@H](C)N2CCC(C)CC2)cnn1-c1ccccn1.